The van der Waals surface area contributed by atoms with Crippen LogP contribution in [0.2, 0.25) is 0 Å². The molecule has 2 amide bonds. The van der Waals surface area contributed by atoms with E-state index in [0.717, 1.165) is 19.3 Å². The van der Waals surface area contributed by atoms with Gasteiger partial charge in [0, 0.05) is 0 Å². The van der Waals surface area contributed by atoms with Crippen molar-refractivity contribution < 1.29 is 14.0 Å². The summed E-state index contributed by atoms with van der Waals surface area (Å²) in [7, 11) is 0. The molecule has 0 radical (unpaired) electrons. The summed E-state index contributed by atoms with van der Waals surface area (Å²) >= 11 is 0. The standard InChI is InChI=1S/C19H15FN4O2/c20-13-5-8-14(9-6-13)24-17-16(21-22-24)18(25)23(19(17)26)15-7-4-11-2-1-3-12(11)10-15/h4-10,16-17H,1-3H2/t16-,17+/m0/s1. The maximum absolute atomic E-state index is 13.2. The number of anilines is 2. The number of benzene rings is 2. The number of fused-ring (bicyclic) bond motifs is 2. The smallest absolute Gasteiger partial charge is 0.263 e. The van der Waals surface area contributed by atoms with Gasteiger partial charge in [-0.2, -0.15) is 5.11 Å². The predicted octanol–water partition coefficient (Wildman–Crippen LogP) is 2.81. The second kappa shape index (κ2) is 5.45. The molecule has 7 heteroatoms. The first-order valence-corrected chi connectivity index (χ1v) is 8.59. The van der Waals surface area contributed by atoms with Crippen molar-refractivity contribution in [1.82, 2.24) is 0 Å². The number of amides is 2. The van der Waals surface area contributed by atoms with Gasteiger partial charge in [0.25, 0.3) is 11.8 Å². The molecule has 5 rings (SSSR count). The maximum Gasteiger partial charge on any atom is 0.263 e. The number of carbonyl (C=O) groups excluding carboxylic acids is 2. The molecule has 2 heterocycles. The third kappa shape index (κ3) is 2.09. The number of nitrogens with zero attached hydrogens (tertiary/aromatic N) is 4. The van der Waals surface area contributed by atoms with E-state index in [1.807, 2.05) is 18.2 Å². The van der Waals surface area contributed by atoms with E-state index in [9.17, 15) is 14.0 Å². The zero-order chi connectivity index (χ0) is 17.8. The molecule has 0 bridgehead atoms. The van der Waals surface area contributed by atoms with Gasteiger partial charge < -0.3 is 0 Å². The molecule has 1 aliphatic carbocycles. The Bertz CT molecular complexity index is 957. The minimum atomic E-state index is -0.860. The highest BCUT2D eigenvalue weighted by atomic mass is 19.1. The minimum absolute atomic E-state index is 0.354. The van der Waals surface area contributed by atoms with Gasteiger partial charge in [0.05, 0.1) is 11.4 Å². The summed E-state index contributed by atoms with van der Waals surface area (Å²) in [4.78, 5) is 27.0. The fraction of sp³-hybridized carbons (Fsp3) is 0.263. The van der Waals surface area contributed by atoms with Crippen molar-refractivity contribution in [2.24, 2.45) is 10.3 Å². The fourth-order valence-corrected chi connectivity index (χ4v) is 3.92. The summed E-state index contributed by atoms with van der Waals surface area (Å²) in [6.45, 7) is 0. The van der Waals surface area contributed by atoms with Crippen molar-refractivity contribution in [3.8, 4) is 0 Å². The number of carbonyl (C=O) groups is 2. The average Bonchev–Trinajstić information content (AvgIpc) is 3.33. The van der Waals surface area contributed by atoms with Crippen LogP contribution in [0.4, 0.5) is 15.8 Å². The monoisotopic (exact) mass is 350 g/mol. The van der Waals surface area contributed by atoms with E-state index in [1.54, 1.807) is 0 Å². The van der Waals surface area contributed by atoms with Crippen LogP contribution in [0, 0.1) is 5.82 Å². The average molecular weight is 350 g/mol. The Morgan fingerprint density at radius 3 is 2.46 bits per heavy atom. The molecule has 0 spiro atoms. The van der Waals surface area contributed by atoms with Gasteiger partial charge in [-0.1, -0.05) is 11.3 Å². The van der Waals surface area contributed by atoms with Crippen molar-refractivity contribution in [1.29, 1.82) is 0 Å². The van der Waals surface area contributed by atoms with Gasteiger partial charge in [-0.3, -0.25) is 9.59 Å². The van der Waals surface area contributed by atoms with Crippen molar-refractivity contribution in [3.63, 3.8) is 0 Å². The molecule has 0 unspecified atom stereocenters. The summed E-state index contributed by atoms with van der Waals surface area (Å²) in [5.74, 6) is -1.10. The van der Waals surface area contributed by atoms with Crippen molar-refractivity contribution in [3.05, 3.63) is 59.4 Å². The van der Waals surface area contributed by atoms with E-state index >= 15 is 0 Å². The molecule has 2 aromatic carbocycles. The van der Waals surface area contributed by atoms with Crippen LogP contribution in [0.1, 0.15) is 17.5 Å². The molecular weight excluding hydrogens is 335 g/mol. The van der Waals surface area contributed by atoms with Gasteiger partial charge in [0.15, 0.2) is 12.1 Å². The summed E-state index contributed by atoms with van der Waals surface area (Å²) in [5, 5.41) is 9.38. The summed E-state index contributed by atoms with van der Waals surface area (Å²) < 4.78 is 13.2. The van der Waals surface area contributed by atoms with Crippen molar-refractivity contribution >= 4 is 23.2 Å². The number of imide groups is 1. The van der Waals surface area contributed by atoms with Crippen molar-refractivity contribution in [2.75, 3.05) is 9.91 Å². The molecular formula is C19H15FN4O2. The highest BCUT2D eigenvalue weighted by molar-refractivity contribution is 6.26. The lowest BCUT2D eigenvalue weighted by Gasteiger charge is -2.21. The number of aryl methyl sites for hydroxylation is 2. The van der Waals surface area contributed by atoms with Gasteiger partial charge in [-0.05, 0) is 66.8 Å². The highest BCUT2D eigenvalue weighted by Gasteiger charge is 2.55. The lowest BCUT2D eigenvalue weighted by molar-refractivity contribution is -0.121. The molecule has 3 aliphatic rings. The molecule has 2 atom stereocenters. The second-order valence-electron chi connectivity index (χ2n) is 6.73. The van der Waals surface area contributed by atoms with Crippen LogP contribution in [0.3, 0.4) is 0 Å². The SMILES string of the molecule is O=C1[C@H]2N=NN(c3ccc(F)cc3)[C@H]2C(=O)N1c1ccc2c(c1)CCC2. The molecule has 0 aromatic heterocycles. The lowest BCUT2D eigenvalue weighted by Crippen LogP contribution is -2.39. The fourth-order valence-electron chi connectivity index (χ4n) is 3.92. The molecule has 0 saturated carbocycles. The normalized spacial score (nSPS) is 23.7. The maximum atomic E-state index is 13.2. The van der Waals surface area contributed by atoms with Gasteiger partial charge >= 0.3 is 0 Å². The Hall–Kier alpha value is -3.09. The summed E-state index contributed by atoms with van der Waals surface area (Å²) in [6, 6.07) is 9.68. The zero-order valence-corrected chi connectivity index (χ0v) is 13.8. The molecule has 0 N–H and O–H groups in total. The zero-order valence-electron chi connectivity index (χ0n) is 13.8. The van der Waals surface area contributed by atoms with E-state index in [2.05, 4.69) is 10.3 Å². The van der Waals surface area contributed by atoms with Crippen LogP contribution in [-0.2, 0) is 22.4 Å². The van der Waals surface area contributed by atoms with Crippen LogP contribution < -0.4 is 9.91 Å². The second-order valence-corrected chi connectivity index (χ2v) is 6.73. The molecule has 2 aromatic rings. The third-order valence-corrected chi connectivity index (χ3v) is 5.21. The van der Waals surface area contributed by atoms with Crippen LogP contribution in [0.15, 0.2) is 52.8 Å². The van der Waals surface area contributed by atoms with Crippen LogP contribution in [0.25, 0.3) is 0 Å². The van der Waals surface area contributed by atoms with Crippen LogP contribution in [0.5, 0.6) is 0 Å². The Morgan fingerprint density at radius 2 is 1.65 bits per heavy atom. The molecule has 1 saturated heterocycles. The van der Waals surface area contributed by atoms with E-state index < -0.39 is 12.1 Å². The molecule has 1 fully saturated rings. The molecule has 130 valence electrons. The first-order valence-electron chi connectivity index (χ1n) is 8.59. The lowest BCUT2D eigenvalue weighted by atomic mass is 10.1. The number of halogens is 1. The first kappa shape index (κ1) is 15.2. The largest absolute Gasteiger partial charge is 0.271 e. The van der Waals surface area contributed by atoms with Crippen molar-refractivity contribution in [2.45, 2.75) is 31.3 Å². The third-order valence-electron chi connectivity index (χ3n) is 5.21. The van der Waals surface area contributed by atoms with Gasteiger partial charge in [-0.15, -0.1) is 0 Å². The van der Waals surface area contributed by atoms with E-state index in [4.69, 9.17) is 0 Å². The topological polar surface area (TPSA) is 65.3 Å². The Kier molecular flexibility index (Phi) is 3.19. The van der Waals surface area contributed by atoms with E-state index in [0.29, 0.717) is 11.4 Å². The Balaban J connectivity index is 1.50. The van der Waals surface area contributed by atoms with Crippen LogP contribution >= 0.6 is 0 Å². The van der Waals surface area contributed by atoms with E-state index in [-0.39, 0.29) is 17.6 Å². The minimum Gasteiger partial charge on any atom is -0.271 e. The Morgan fingerprint density at radius 1 is 0.923 bits per heavy atom. The number of rotatable bonds is 2. The van der Waals surface area contributed by atoms with Gasteiger partial charge in [0.2, 0.25) is 0 Å². The van der Waals surface area contributed by atoms with E-state index in [1.165, 1.54) is 45.3 Å². The molecule has 2 aliphatic heterocycles. The predicted molar refractivity (Wildman–Crippen MR) is 92.3 cm³/mol. The summed E-state index contributed by atoms with van der Waals surface area (Å²) in [5.41, 5.74) is 3.58. The summed E-state index contributed by atoms with van der Waals surface area (Å²) in [6.07, 6.45) is 3.10. The number of hydrogen-bond donors (Lipinski definition) is 0. The quantitative estimate of drug-likeness (QED) is 0.783. The van der Waals surface area contributed by atoms with Gasteiger partial charge in [-0.25, -0.2) is 14.3 Å². The van der Waals surface area contributed by atoms with Crippen LogP contribution in [-0.4, -0.2) is 23.9 Å². The van der Waals surface area contributed by atoms with Gasteiger partial charge in [0.1, 0.15) is 5.82 Å². The first-order chi connectivity index (χ1) is 12.6. The number of hydrogen-bond acceptors (Lipinski definition) is 5. The highest BCUT2D eigenvalue weighted by Crippen LogP contribution is 2.36. The molecule has 26 heavy (non-hydrogen) atoms. The Labute approximate surface area is 148 Å². The molecule has 6 nitrogen and oxygen atoms in total.